The third kappa shape index (κ3) is 2.49. The van der Waals surface area contributed by atoms with Gasteiger partial charge in [0.25, 0.3) is 11.8 Å². The number of carbonyl (C=O) groups excluding carboxylic acids is 2. The van der Waals surface area contributed by atoms with Gasteiger partial charge in [0.2, 0.25) is 6.10 Å². The predicted octanol–water partition coefficient (Wildman–Crippen LogP) is -0.224. The fourth-order valence-corrected chi connectivity index (χ4v) is 3.44. The summed E-state index contributed by atoms with van der Waals surface area (Å²) in [6.45, 7) is 2.93. The van der Waals surface area contributed by atoms with Crippen LogP contribution >= 0.6 is 0 Å². The Labute approximate surface area is 134 Å². The van der Waals surface area contributed by atoms with Crippen LogP contribution in [0, 0.1) is 0 Å². The number of rotatable bonds is 2. The molecule has 0 bridgehead atoms. The summed E-state index contributed by atoms with van der Waals surface area (Å²) in [7, 11) is 0. The minimum Gasteiger partial charge on any atom is -0.353 e. The number of morpholine rings is 1. The van der Waals surface area contributed by atoms with E-state index in [-0.39, 0.29) is 24.0 Å². The molecule has 23 heavy (non-hydrogen) atoms. The number of amides is 2. The Hall–Kier alpha value is -1.99. The van der Waals surface area contributed by atoms with Gasteiger partial charge >= 0.3 is 0 Å². The van der Waals surface area contributed by atoms with Crippen LogP contribution < -0.4 is 10.2 Å². The molecule has 3 saturated heterocycles. The summed E-state index contributed by atoms with van der Waals surface area (Å²) in [4.78, 5) is 33.0. The van der Waals surface area contributed by atoms with Crippen LogP contribution in [0.4, 0.5) is 5.69 Å². The molecule has 0 spiro atoms. The fourth-order valence-electron chi connectivity index (χ4n) is 3.44. The molecule has 0 aromatic carbocycles. The van der Waals surface area contributed by atoms with Crippen molar-refractivity contribution < 1.29 is 14.3 Å². The zero-order valence-electron chi connectivity index (χ0n) is 12.9. The van der Waals surface area contributed by atoms with Crippen LogP contribution in [0.5, 0.6) is 0 Å². The molecule has 3 aliphatic rings. The Morgan fingerprint density at radius 1 is 1.39 bits per heavy atom. The van der Waals surface area contributed by atoms with Crippen LogP contribution in [0.3, 0.4) is 0 Å². The topological polar surface area (TPSA) is 74.8 Å². The number of anilines is 1. The first-order valence-corrected chi connectivity index (χ1v) is 8.14. The summed E-state index contributed by atoms with van der Waals surface area (Å²) in [5.74, 6) is -0.480. The van der Waals surface area contributed by atoms with Crippen molar-refractivity contribution in [3.63, 3.8) is 0 Å². The summed E-state index contributed by atoms with van der Waals surface area (Å²) < 4.78 is 5.93. The predicted molar refractivity (Wildman–Crippen MR) is 82.9 cm³/mol. The smallest absolute Gasteiger partial charge is 0.266 e. The fraction of sp³-hybridized carbons (Fsp3) is 0.562. The van der Waals surface area contributed by atoms with Gasteiger partial charge in [-0.3, -0.25) is 14.6 Å². The van der Waals surface area contributed by atoms with Crippen LogP contribution in [-0.4, -0.2) is 66.1 Å². The van der Waals surface area contributed by atoms with Crippen molar-refractivity contribution in [3.8, 4) is 0 Å². The molecular formula is C16H20N4O3. The summed E-state index contributed by atoms with van der Waals surface area (Å²) in [6, 6.07) is 3.56. The highest BCUT2D eigenvalue weighted by atomic mass is 16.5. The zero-order valence-corrected chi connectivity index (χ0v) is 12.9. The van der Waals surface area contributed by atoms with Gasteiger partial charge in [-0.25, -0.2) is 0 Å². The number of likely N-dealkylation sites (tertiary alicyclic amines) is 1. The largest absolute Gasteiger partial charge is 0.353 e. The van der Waals surface area contributed by atoms with Gasteiger partial charge in [0.05, 0.1) is 24.0 Å². The molecule has 0 saturated carbocycles. The molecule has 0 aliphatic carbocycles. The Bertz CT molecular complexity index is 605. The minimum atomic E-state index is -1.02. The number of ether oxygens (including phenoxy) is 1. The lowest BCUT2D eigenvalue weighted by Crippen LogP contribution is -2.67. The number of nitrogens with one attached hydrogen (secondary N) is 1. The third-order valence-corrected chi connectivity index (χ3v) is 4.81. The van der Waals surface area contributed by atoms with Crippen LogP contribution in [0.2, 0.25) is 0 Å². The molecule has 3 fully saturated rings. The van der Waals surface area contributed by atoms with Gasteiger partial charge in [0, 0.05) is 25.8 Å². The molecule has 7 nitrogen and oxygen atoms in total. The summed E-state index contributed by atoms with van der Waals surface area (Å²) in [6.07, 6.45) is 3.99. The van der Waals surface area contributed by atoms with E-state index in [1.54, 1.807) is 28.3 Å². The second-order valence-electron chi connectivity index (χ2n) is 6.21. The second kappa shape index (κ2) is 5.90. The first kappa shape index (κ1) is 14.6. The van der Waals surface area contributed by atoms with Crippen molar-refractivity contribution in [2.24, 2.45) is 0 Å². The van der Waals surface area contributed by atoms with Gasteiger partial charge in [-0.05, 0) is 31.5 Å². The summed E-state index contributed by atoms with van der Waals surface area (Å²) in [5.41, 5.74) is 0.723. The van der Waals surface area contributed by atoms with E-state index in [0.29, 0.717) is 19.6 Å². The van der Waals surface area contributed by atoms with Crippen LogP contribution in [-0.2, 0) is 14.3 Å². The maximum Gasteiger partial charge on any atom is 0.266 e. The van der Waals surface area contributed by atoms with Gasteiger partial charge in [-0.15, -0.1) is 0 Å². The highest BCUT2D eigenvalue weighted by Crippen LogP contribution is 2.29. The number of hydrogen-bond acceptors (Lipinski definition) is 5. The average Bonchev–Trinajstić information content (AvgIpc) is 2.53. The monoisotopic (exact) mass is 316 g/mol. The van der Waals surface area contributed by atoms with Crippen molar-refractivity contribution in [3.05, 3.63) is 24.5 Å². The van der Waals surface area contributed by atoms with E-state index in [0.717, 1.165) is 25.1 Å². The Morgan fingerprint density at radius 3 is 2.96 bits per heavy atom. The molecular weight excluding hydrogens is 296 g/mol. The lowest BCUT2D eigenvalue weighted by molar-refractivity contribution is -0.165. The van der Waals surface area contributed by atoms with Crippen molar-refractivity contribution in [2.75, 3.05) is 31.1 Å². The van der Waals surface area contributed by atoms with Gasteiger partial charge in [-0.2, -0.15) is 0 Å². The van der Waals surface area contributed by atoms with E-state index in [1.807, 2.05) is 6.07 Å². The highest BCUT2D eigenvalue weighted by Gasteiger charge is 2.48. The molecule has 4 rings (SSSR count). The molecule has 1 aromatic rings. The van der Waals surface area contributed by atoms with Crippen molar-refractivity contribution in [1.82, 2.24) is 15.2 Å². The van der Waals surface area contributed by atoms with Crippen molar-refractivity contribution in [2.45, 2.75) is 31.1 Å². The number of carbonyl (C=O) groups is 2. The van der Waals surface area contributed by atoms with Crippen molar-refractivity contribution in [1.29, 1.82) is 0 Å². The molecule has 3 unspecified atom stereocenters. The number of nitrogens with zero attached hydrogens (tertiary/aromatic N) is 3. The first-order valence-electron chi connectivity index (χ1n) is 8.14. The number of aromatic nitrogens is 1. The number of hydrogen-bond donors (Lipinski definition) is 1. The molecule has 122 valence electrons. The quantitative estimate of drug-likeness (QED) is 0.763. The molecule has 1 N–H and O–H groups in total. The van der Waals surface area contributed by atoms with E-state index >= 15 is 0 Å². The Morgan fingerprint density at radius 2 is 2.26 bits per heavy atom. The second-order valence-corrected chi connectivity index (χ2v) is 6.21. The highest BCUT2D eigenvalue weighted by molar-refractivity contribution is 6.11. The van der Waals surface area contributed by atoms with Crippen LogP contribution in [0.1, 0.15) is 12.8 Å². The van der Waals surface area contributed by atoms with E-state index < -0.39 is 6.10 Å². The third-order valence-electron chi connectivity index (χ3n) is 4.81. The lowest BCUT2D eigenvalue weighted by Gasteiger charge is -2.47. The molecule has 1 aromatic heterocycles. The Kier molecular flexibility index (Phi) is 3.74. The minimum absolute atomic E-state index is 0.0964. The number of pyridine rings is 1. The van der Waals surface area contributed by atoms with Gasteiger partial charge < -0.3 is 19.9 Å². The maximum absolute atomic E-state index is 13.0. The van der Waals surface area contributed by atoms with Crippen molar-refractivity contribution >= 4 is 17.5 Å². The number of fused-ring (bicyclic) bond motifs is 1. The first-order chi connectivity index (χ1) is 11.3. The van der Waals surface area contributed by atoms with E-state index in [2.05, 4.69) is 10.3 Å². The molecule has 3 atom stereocenters. The number of piperidine rings is 1. The maximum atomic E-state index is 13.0. The Balaban J connectivity index is 1.66. The average molecular weight is 316 g/mol. The normalized spacial score (nSPS) is 30.6. The van der Waals surface area contributed by atoms with Crippen LogP contribution in [0.25, 0.3) is 0 Å². The van der Waals surface area contributed by atoms with E-state index in [9.17, 15) is 9.59 Å². The molecule has 7 heteroatoms. The zero-order chi connectivity index (χ0) is 15.8. The van der Waals surface area contributed by atoms with Gasteiger partial charge in [-0.1, -0.05) is 0 Å². The molecule has 2 amide bonds. The van der Waals surface area contributed by atoms with E-state index in [4.69, 9.17) is 4.74 Å². The SMILES string of the molecule is O=C(C1OC2CCNCC2N(c2cccnc2)C1=O)N1CCC1. The summed E-state index contributed by atoms with van der Waals surface area (Å²) in [5, 5.41) is 3.30. The molecule has 3 aliphatic heterocycles. The lowest BCUT2D eigenvalue weighted by atomic mass is 9.97. The van der Waals surface area contributed by atoms with Gasteiger partial charge in [0.1, 0.15) is 0 Å². The van der Waals surface area contributed by atoms with E-state index in [1.165, 1.54) is 0 Å². The molecule has 4 heterocycles. The van der Waals surface area contributed by atoms with Crippen LogP contribution in [0.15, 0.2) is 24.5 Å². The standard InChI is InChI=1S/C16H20N4O3/c21-15(19-7-2-8-19)14-16(22)20(11-3-1-5-17-9-11)12-10-18-6-4-13(12)23-14/h1,3,5,9,12-14,18H,2,4,6-8,10H2. The summed E-state index contributed by atoms with van der Waals surface area (Å²) >= 11 is 0. The van der Waals surface area contributed by atoms with Gasteiger partial charge in [0.15, 0.2) is 0 Å². The molecule has 0 radical (unpaired) electrons.